The Labute approximate surface area is 117 Å². The topological polar surface area (TPSA) is 53.0 Å². The third-order valence-corrected chi connectivity index (χ3v) is 4.30. The first-order valence-corrected chi connectivity index (χ1v) is 7.11. The lowest BCUT2D eigenvalue weighted by Gasteiger charge is -2.36. The van der Waals surface area contributed by atoms with Gasteiger partial charge in [0.25, 0.3) is 0 Å². The molecular formula is C14H18BrN3. The molecule has 1 aliphatic heterocycles. The van der Waals surface area contributed by atoms with Gasteiger partial charge in [0.2, 0.25) is 0 Å². The van der Waals surface area contributed by atoms with Crippen molar-refractivity contribution in [1.82, 2.24) is 0 Å². The Morgan fingerprint density at radius 2 is 2.33 bits per heavy atom. The number of nitriles is 1. The van der Waals surface area contributed by atoms with Gasteiger partial charge in [-0.15, -0.1) is 0 Å². The van der Waals surface area contributed by atoms with Crippen molar-refractivity contribution in [2.24, 2.45) is 11.7 Å². The van der Waals surface area contributed by atoms with Gasteiger partial charge in [0.1, 0.15) is 6.07 Å². The Bertz CT molecular complexity index is 465. The van der Waals surface area contributed by atoms with Crippen LogP contribution in [-0.4, -0.2) is 19.1 Å². The van der Waals surface area contributed by atoms with Crippen LogP contribution in [0.2, 0.25) is 0 Å². The van der Waals surface area contributed by atoms with Crippen molar-refractivity contribution in [1.29, 1.82) is 5.26 Å². The van der Waals surface area contributed by atoms with Gasteiger partial charge < -0.3 is 10.6 Å². The standard InChI is InChI=1S/C14H18BrN3/c1-10(17)12-3-2-6-18(9-12)13-5-4-11(8-16)14(15)7-13/h4-5,7,10,12H,2-3,6,9,17H2,1H3. The van der Waals surface area contributed by atoms with E-state index in [1.807, 2.05) is 18.2 Å². The first-order valence-electron chi connectivity index (χ1n) is 6.32. The van der Waals surface area contributed by atoms with Crippen molar-refractivity contribution in [3.8, 4) is 6.07 Å². The minimum atomic E-state index is 0.245. The molecule has 0 aliphatic carbocycles. The molecule has 1 saturated heterocycles. The molecule has 1 fully saturated rings. The average Bonchev–Trinajstić information content (AvgIpc) is 2.38. The molecule has 2 atom stereocenters. The molecule has 0 radical (unpaired) electrons. The van der Waals surface area contributed by atoms with Gasteiger partial charge in [-0.1, -0.05) is 0 Å². The maximum atomic E-state index is 8.92. The summed E-state index contributed by atoms with van der Waals surface area (Å²) in [5, 5.41) is 8.92. The number of nitrogens with two attached hydrogens (primary N) is 1. The Balaban J connectivity index is 2.16. The predicted octanol–water partition coefficient (Wildman–Crippen LogP) is 2.88. The van der Waals surface area contributed by atoms with E-state index in [9.17, 15) is 0 Å². The fourth-order valence-corrected chi connectivity index (χ4v) is 2.92. The Kier molecular flexibility index (Phi) is 4.26. The molecule has 0 saturated carbocycles. The molecule has 2 unspecified atom stereocenters. The number of nitrogens with zero attached hydrogens (tertiary/aromatic N) is 2. The van der Waals surface area contributed by atoms with E-state index >= 15 is 0 Å². The van der Waals surface area contributed by atoms with Gasteiger partial charge in [-0.25, -0.2) is 0 Å². The highest BCUT2D eigenvalue weighted by Crippen LogP contribution is 2.28. The van der Waals surface area contributed by atoms with Gasteiger partial charge in [0.15, 0.2) is 0 Å². The molecule has 3 nitrogen and oxygen atoms in total. The molecule has 1 aromatic rings. The van der Waals surface area contributed by atoms with Crippen LogP contribution in [0.25, 0.3) is 0 Å². The fourth-order valence-electron chi connectivity index (χ4n) is 2.47. The van der Waals surface area contributed by atoms with Crippen LogP contribution in [0.15, 0.2) is 22.7 Å². The number of anilines is 1. The molecule has 1 aromatic carbocycles. The number of benzene rings is 1. The Morgan fingerprint density at radius 3 is 2.94 bits per heavy atom. The van der Waals surface area contributed by atoms with Crippen LogP contribution in [0.4, 0.5) is 5.69 Å². The van der Waals surface area contributed by atoms with Gasteiger partial charge in [-0.2, -0.15) is 5.26 Å². The van der Waals surface area contributed by atoms with Crippen molar-refractivity contribution >= 4 is 21.6 Å². The summed E-state index contributed by atoms with van der Waals surface area (Å²) in [5.41, 5.74) is 7.86. The van der Waals surface area contributed by atoms with E-state index in [0.29, 0.717) is 11.5 Å². The van der Waals surface area contributed by atoms with E-state index < -0.39 is 0 Å². The van der Waals surface area contributed by atoms with Crippen LogP contribution in [0.5, 0.6) is 0 Å². The molecule has 1 aliphatic rings. The second-order valence-corrected chi connectivity index (χ2v) is 5.84. The summed E-state index contributed by atoms with van der Waals surface area (Å²) >= 11 is 3.44. The quantitative estimate of drug-likeness (QED) is 0.914. The fraction of sp³-hybridized carbons (Fsp3) is 0.500. The summed E-state index contributed by atoms with van der Waals surface area (Å²) in [7, 11) is 0. The van der Waals surface area contributed by atoms with E-state index in [-0.39, 0.29) is 6.04 Å². The SMILES string of the molecule is CC(N)C1CCCN(c2ccc(C#N)c(Br)c2)C1. The molecule has 0 spiro atoms. The first-order chi connectivity index (χ1) is 8.61. The minimum absolute atomic E-state index is 0.245. The van der Waals surface area contributed by atoms with Gasteiger partial charge in [-0.05, 0) is 59.8 Å². The molecule has 96 valence electrons. The molecule has 0 amide bonds. The zero-order chi connectivity index (χ0) is 13.1. The Morgan fingerprint density at radius 1 is 1.56 bits per heavy atom. The van der Waals surface area contributed by atoms with Crippen molar-refractivity contribution in [3.63, 3.8) is 0 Å². The smallest absolute Gasteiger partial charge is 0.100 e. The van der Waals surface area contributed by atoms with E-state index in [2.05, 4.69) is 33.8 Å². The van der Waals surface area contributed by atoms with E-state index in [1.54, 1.807) is 0 Å². The number of hydrogen-bond acceptors (Lipinski definition) is 3. The molecule has 2 rings (SSSR count). The number of piperidine rings is 1. The minimum Gasteiger partial charge on any atom is -0.371 e. The first kappa shape index (κ1) is 13.4. The lowest BCUT2D eigenvalue weighted by Crippen LogP contribution is -2.42. The summed E-state index contributed by atoms with van der Waals surface area (Å²) in [4.78, 5) is 2.36. The van der Waals surface area contributed by atoms with Gasteiger partial charge in [0, 0.05) is 29.3 Å². The summed E-state index contributed by atoms with van der Waals surface area (Å²) in [6, 6.07) is 8.33. The summed E-state index contributed by atoms with van der Waals surface area (Å²) in [6.45, 7) is 4.17. The molecule has 4 heteroatoms. The monoisotopic (exact) mass is 307 g/mol. The number of halogens is 1. The molecule has 18 heavy (non-hydrogen) atoms. The lowest BCUT2D eigenvalue weighted by atomic mass is 9.92. The van der Waals surface area contributed by atoms with Crippen LogP contribution in [0.1, 0.15) is 25.3 Å². The van der Waals surface area contributed by atoms with Crippen LogP contribution in [0.3, 0.4) is 0 Å². The highest BCUT2D eigenvalue weighted by atomic mass is 79.9. The molecular weight excluding hydrogens is 290 g/mol. The van der Waals surface area contributed by atoms with Gasteiger partial charge in [-0.3, -0.25) is 0 Å². The van der Waals surface area contributed by atoms with Gasteiger partial charge >= 0.3 is 0 Å². The Hall–Kier alpha value is -1.05. The van der Waals surface area contributed by atoms with Crippen LogP contribution < -0.4 is 10.6 Å². The highest BCUT2D eigenvalue weighted by molar-refractivity contribution is 9.10. The van der Waals surface area contributed by atoms with E-state index in [4.69, 9.17) is 11.0 Å². The summed E-state index contributed by atoms with van der Waals surface area (Å²) in [5.74, 6) is 0.563. The van der Waals surface area contributed by atoms with Crippen molar-refractivity contribution in [2.75, 3.05) is 18.0 Å². The maximum absolute atomic E-state index is 8.92. The van der Waals surface area contributed by atoms with Crippen molar-refractivity contribution in [3.05, 3.63) is 28.2 Å². The average molecular weight is 308 g/mol. The predicted molar refractivity (Wildman–Crippen MR) is 77.4 cm³/mol. The molecule has 0 aromatic heterocycles. The third kappa shape index (κ3) is 2.85. The van der Waals surface area contributed by atoms with Crippen molar-refractivity contribution < 1.29 is 0 Å². The largest absolute Gasteiger partial charge is 0.371 e. The van der Waals surface area contributed by atoms with Crippen LogP contribution in [0, 0.1) is 17.2 Å². The summed E-state index contributed by atoms with van der Waals surface area (Å²) < 4.78 is 0.866. The van der Waals surface area contributed by atoms with E-state index in [0.717, 1.165) is 17.6 Å². The van der Waals surface area contributed by atoms with E-state index in [1.165, 1.54) is 18.5 Å². The third-order valence-electron chi connectivity index (χ3n) is 3.64. The molecule has 0 bridgehead atoms. The summed E-state index contributed by atoms with van der Waals surface area (Å²) in [6.07, 6.45) is 2.40. The highest BCUT2D eigenvalue weighted by Gasteiger charge is 2.23. The zero-order valence-corrected chi connectivity index (χ0v) is 12.2. The number of hydrogen-bond donors (Lipinski definition) is 1. The zero-order valence-electron chi connectivity index (χ0n) is 10.6. The van der Waals surface area contributed by atoms with Crippen molar-refractivity contribution in [2.45, 2.75) is 25.8 Å². The van der Waals surface area contributed by atoms with Crippen LogP contribution >= 0.6 is 15.9 Å². The molecule has 1 heterocycles. The second kappa shape index (κ2) is 5.73. The lowest BCUT2D eigenvalue weighted by molar-refractivity contribution is 0.364. The van der Waals surface area contributed by atoms with Gasteiger partial charge in [0.05, 0.1) is 5.56 Å². The molecule has 2 N–H and O–H groups in total. The normalized spacial score (nSPS) is 21.4. The second-order valence-electron chi connectivity index (χ2n) is 4.98. The number of rotatable bonds is 2. The maximum Gasteiger partial charge on any atom is 0.100 e. The van der Waals surface area contributed by atoms with Crippen LogP contribution in [-0.2, 0) is 0 Å².